The SMILES string of the molecule is CSC(=S)N(N)c1cccnc1. The molecule has 1 rings (SSSR count). The standard InChI is InChI=1S/C7H9N3S2/c1-12-7(11)10(8)6-3-2-4-9-5-6/h2-5H,8H2,1H3. The summed E-state index contributed by atoms with van der Waals surface area (Å²) in [4.78, 5) is 3.93. The Hall–Kier alpha value is -0.650. The molecule has 0 aliphatic heterocycles. The number of aromatic nitrogens is 1. The molecule has 3 nitrogen and oxygen atoms in total. The van der Waals surface area contributed by atoms with Gasteiger partial charge in [-0.25, -0.2) is 5.84 Å². The van der Waals surface area contributed by atoms with E-state index >= 15 is 0 Å². The zero-order chi connectivity index (χ0) is 8.97. The van der Waals surface area contributed by atoms with Crippen LogP contribution in [0.4, 0.5) is 5.69 Å². The third-order valence-electron chi connectivity index (χ3n) is 1.30. The van der Waals surface area contributed by atoms with Crippen molar-refractivity contribution in [1.29, 1.82) is 0 Å². The van der Waals surface area contributed by atoms with Crippen LogP contribution in [0.25, 0.3) is 0 Å². The summed E-state index contributed by atoms with van der Waals surface area (Å²) in [6, 6.07) is 3.67. The minimum Gasteiger partial charge on any atom is -0.262 e. The minimum atomic E-state index is 0.628. The second-order valence-corrected chi connectivity index (χ2v) is 3.49. The number of hydrazine groups is 1. The lowest BCUT2D eigenvalue weighted by Gasteiger charge is -2.16. The van der Waals surface area contributed by atoms with Gasteiger partial charge in [0.2, 0.25) is 0 Å². The quantitative estimate of drug-likeness (QED) is 0.421. The first-order valence-corrected chi connectivity index (χ1v) is 4.92. The Labute approximate surface area is 80.9 Å². The Kier molecular flexibility index (Phi) is 3.46. The number of rotatable bonds is 1. The van der Waals surface area contributed by atoms with Crippen LogP contribution in [-0.4, -0.2) is 15.6 Å². The highest BCUT2D eigenvalue weighted by atomic mass is 32.2. The van der Waals surface area contributed by atoms with Gasteiger partial charge in [-0.05, 0) is 18.4 Å². The zero-order valence-corrected chi connectivity index (χ0v) is 8.23. The number of thiocarbonyl (C=S) groups is 1. The molecule has 0 unspecified atom stereocenters. The van der Waals surface area contributed by atoms with E-state index in [0.717, 1.165) is 5.69 Å². The van der Waals surface area contributed by atoms with Crippen LogP contribution < -0.4 is 10.9 Å². The van der Waals surface area contributed by atoms with E-state index < -0.39 is 0 Å². The number of anilines is 1. The Bertz CT molecular complexity index is 263. The summed E-state index contributed by atoms with van der Waals surface area (Å²) in [5.41, 5.74) is 0.803. The fraction of sp³-hybridized carbons (Fsp3) is 0.143. The van der Waals surface area contributed by atoms with Crippen LogP contribution in [0.3, 0.4) is 0 Å². The maximum atomic E-state index is 5.68. The highest BCUT2D eigenvalue weighted by molar-refractivity contribution is 8.22. The van der Waals surface area contributed by atoms with Crippen molar-refractivity contribution in [3.8, 4) is 0 Å². The van der Waals surface area contributed by atoms with E-state index in [-0.39, 0.29) is 0 Å². The van der Waals surface area contributed by atoms with Crippen LogP contribution in [0.2, 0.25) is 0 Å². The van der Waals surface area contributed by atoms with Gasteiger partial charge < -0.3 is 0 Å². The second-order valence-electron chi connectivity index (χ2n) is 2.05. The first-order chi connectivity index (χ1) is 5.75. The molecule has 0 bridgehead atoms. The summed E-state index contributed by atoms with van der Waals surface area (Å²) in [5, 5.41) is 1.44. The van der Waals surface area contributed by atoms with Gasteiger partial charge in [0.05, 0.1) is 11.9 Å². The van der Waals surface area contributed by atoms with Crippen LogP contribution in [0.15, 0.2) is 24.5 Å². The molecule has 0 atom stereocenters. The molecule has 0 aromatic carbocycles. The van der Waals surface area contributed by atoms with Gasteiger partial charge in [0.25, 0.3) is 0 Å². The number of hydrogen-bond donors (Lipinski definition) is 1. The fourth-order valence-electron chi connectivity index (χ4n) is 0.700. The fourth-order valence-corrected chi connectivity index (χ4v) is 1.11. The number of pyridine rings is 1. The third kappa shape index (κ3) is 2.17. The molecule has 12 heavy (non-hydrogen) atoms. The van der Waals surface area contributed by atoms with Crippen molar-refractivity contribution in [2.45, 2.75) is 0 Å². The molecule has 0 spiro atoms. The molecular weight excluding hydrogens is 190 g/mol. The van der Waals surface area contributed by atoms with Crippen molar-refractivity contribution in [1.82, 2.24) is 4.98 Å². The second kappa shape index (κ2) is 4.39. The Morgan fingerprint density at radius 1 is 1.75 bits per heavy atom. The molecule has 64 valence electrons. The topological polar surface area (TPSA) is 42.1 Å². The van der Waals surface area contributed by atoms with Crippen LogP contribution in [0.5, 0.6) is 0 Å². The van der Waals surface area contributed by atoms with E-state index in [0.29, 0.717) is 4.32 Å². The van der Waals surface area contributed by atoms with Crippen molar-refractivity contribution < 1.29 is 0 Å². The van der Waals surface area contributed by atoms with E-state index in [1.807, 2.05) is 18.4 Å². The predicted molar refractivity (Wildman–Crippen MR) is 57.0 cm³/mol. The van der Waals surface area contributed by atoms with E-state index in [1.165, 1.54) is 16.8 Å². The lowest BCUT2D eigenvalue weighted by Crippen LogP contribution is -2.34. The monoisotopic (exact) mass is 199 g/mol. The molecule has 1 aromatic heterocycles. The van der Waals surface area contributed by atoms with Crippen molar-refractivity contribution in [2.75, 3.05) is 11.3 Å². The number of thioether (sulfide) groups is 1. The predicted octanol–water partition coefficient (Wildman–Crippen LogP) is 1.41. The molecule has 0 radical (unpaired) electrons. The van der Waals surface area contributed by atoms with Crippen LogP contribution in [0, 0.1) is 0 Å². The summed E-state index contributed by atoms with van der Waals surface area (Å²) in [6.45, 7) is 0. The van der Waals surface area contributed by atoms with Crippen molar-refractivity contribution in [3.05, 3.63) is 24.5 Å². The van der Waals surface area contributed by atoms with Gasteiger partial charge in [-0.2, -0.15) is 0 Å². The van der Waals surface area contributed by atoms with Crippen LogP contribution in [-0.2, 0) is 0 Å². The summed E-state index contributed by atoms with van der Waals surface area (Å²) in [6.07, 6.45) is 5.25. The van der Waals surface area contributed by atoms with Gasteiger partial charge in [-0.1, -0.05) is 24.0 Å². The molecule has 0 saturated heterocycles. The largest absolute Gasteiger partial charge is 0.262 e. The van der Waals surface area contributed by atoms with Gasteiger partial charge in [-0.3, -0.25) is 9.99 Å². The van der Waals surface area contributed by atoms with Crippen molar-refractivity contribution in [2.24, 2.45) is 5.84 Å². The number of nitrogens with zero attached hydrogens (tertiary/aromatic N) is 2. The lowest BCUT2D eigenvalue weighted by molar-refractivity contribution is 1.14. The van der Waals surface area contributed by atoms with Gasteiger partial charge >= 0.3 is 0 Å². The lowest BCUT2D eigenvalue weighted by atomic mass is 10.4. The highest BCUT2D eigenvalue weighted by Gasteiger charge is 2.04. The Morgan fingerprint density at radius 3 is 3.00 bits per heavy atom. The summed E-state index contributed by atoms with van der Waals surface area (Å²) >= 11 is 6.43. The molecule has 0 saturated carbocycles. The molecule has 2 N–H and O–H groups in total. The first-order valence-electron chi connectivity index (χ1n) is 3.28. The highest BCUT2D eigenvalue weighted by Crippen LogP contribution is 2.12. The molecule has 5 heteroatoms. The average Bonchev–Trinajstić information content (AvgIpc) is 2.17. The van der Waals surface area contributed by atoms with Crippen LogP contribution in [0.1, 0.15) is 0 Å². The summed E-state index contributed by atoms with van der Waals surface area (Å²) < 4.78 is 0.628. The van der Waals surface area contributed by atoms with Gasteiger partial charge in [0.1, 0.15) is 0 Å². The molecule has 1 heterocycles. The maximum Gasteiger partial charge on any atom is 0.154 e. The van der Waals surface area contributed by atoms with Gasteiger partial charge in [0, 0.05) is 6.20 Å². The average molecular weight is 199 g/mol. The third-order valence-corrected chi connectivity index (χ3v) is 2.54. The molecule has 0 fully saturated rings. The minimum absolute atomic E-state index is 0.628. The number of hydrogen-bond acceptors (Lipinski definition) is 4. The Morgan fingerprint density at radius 2 is 2.50 bits per heavy atom. The number of nitrogens with two attached hydrogens (primary N) is 1. The van der Waals surface area contributed by atoms with E-state index in [1.54, 1.807) is 12.4 Å². The molecule has 0 amide bonds. The normalized spacial score (nSPS) is 9.50. The van der Waals surface area contributed by atoms with E-state index in [4.69, 9.17) is 18.1 Å². The maximum absolute atomic E-state index is 5.68. The molecule has 1 aromatic rings. The smallest absolute Gasteiger partial charge is 0.154 e. The zero-order valence-electron chi connectivity index (χ0n) is 6.60. The van der Waals surface area contributed by atoms with Crippen LogP contribution >= 0.6 is 24.0 Å². The Balaban J connectivity index is 2.78. The van der Waals surface area contributed by atoms with E-state index in [9.17, 15) is 0 Å². The van der Waals surface area contributed by atoms with E-state index in [2.05, 4.69) is 4.98 Å². The summed E-state index contributed by atoms with van der Waals surface area (Å²) in [7, 11) is 0. The first kappa shape index (κ1) is 9.44. The molecule has 0 aliphatic carbocycles. The van der Waals surface area contributed by atoms with Crippen molar-refractivity contribution >= 4 is 34.0 Å². The van der Waals surface area contributed by atoms with Gasteiger partial charge in [-0.15, -0.1) is 0 Å². The van der Waals surface area contributed by atoms with Crippen molar-refractivity contribution in [3.63, 3.8) is 0 Å². The molecular formula is C7H9N3S2. The molecule has 0 aliphatic rings. The summed E-state index contributed by atoms with van der Waals surface area (Å²) in [5.74, 6) is 5.68. The van der Waals surface area contributed by atoms with Gasteiger partial charge in [0.15, 0.2) is 4.32 Å².